The highest BCUT2D eigenvalue weighted by atomic mass is 35.5. The van der Waals surface area contributed by atoms with Crippen molar-refractivity contribution in [3.63, 3.8) is 0 Å². The first-order valence-corrected chi connectivity index (χ1v) is 7.66. The molecular formula is C15H14ClNO2S. The third kappa shape index (κ3) is 2.81. The van der Waals surface area contributed by atoms with Gasteiger partial charge in [-0.15, -0.1) is 11.8 Å². The Morgan fingerprint density at radius 2 is 1.80 bits per heavy atom. The minimum absolute atomic E-state index is 0.570. The fourth-order valence-corrected chi connectivity index (χ4v) is 3.23. The molecule has 0 amide bonds. The molecule has 3 rings (SSSR count). The van der Waals surface area contributed by atoms with Crippen molar-refractivity contribution in [3.05, 3.63) is 47.0 Å². The van der Waals surface area contributed by atoms with Gasteiger partial charge in [0.25, 0.3) is 0 Å². The van der Waals surface area contributed by atoms with E-state index in [0.717, 1.165) is 32.7 Å². The van der Waals surface area contributed by atoms with Crippen LogP contribution >= 0.6 is 23.4 Å². The van der Waals surface area contributed by atoms with Crippen LogP contribution in [0.5, 0.6) is 11.5 Å². The van der Waals surface area contributed by atoms with E-state index >= 15 is 0 Å². The highest BCUT2D eigenvalue weighted by molar-refractivity contribution is 7.98. The maximum absolute atomic E-state index is 6.15. The van der Waals surface area contributed by atoms with Crippen LogP contribution in [0.2, 0.25) is 5.02 Å². The van der Waals surface area contributed by atoms with Gasteiger partial charge in [-0.2, -0.15) is 0 Å². The summed E-state index contributed by atoms with van der Waals surface area (Å²) in [6.45, 7) is 1.15. The first-order chi connectivity index (χ1) is 9.74. The van der Waals surface area contributed by atoms with Crippen molar-refractivity contribution >= 4 is 29.1 Å². The lowest BCUT2D eigenvalue weighted by atomic mass is 10.2. The molecule has 1 aliphatic rings. The van der Waals surface area contributed by atoms with Crippen LogP contribution in [0.15, 0.2) is 41.3 Å². The molecule has 3 nitrogen and oxygen atoms in total. The van der Waals surface area contributed by atoms with Crippen LogP contribution in [0.4, 0.5) is 5.69 Å². The number of hydrogen-bond acceptors (Lipinski definition) is 4. The number of fused-ring (bicyclic) bond motifs is 1. The number of hydrogen-bond donors (Lipinski definition) is 1. The quantitative estimate of drug-likeness (QED) is 0.688. The van der Waals surface area contributed by atoms with Crippen molar-refractivity contribution < 1.29 is 9.47 Å². The fraction of sp³-hybridized carbons (Fsp3) is 0.200. The molecule has 0 radical (unpaired) electrons. The second-order valence-corrected chi connectivity index (χ2v) is 5.84. The molecule has 0 saturated carbocycles. The molecule has 2 aromatic rings. The smallest absolute Gasteiger partial charge is 0.163 e. The minimum Gasteiger partial charge on any atom is -0.486 e. The third-order valence-corrected chi connectivity index (χ3v) is 4.59. The van der Waals surface area contributed by atoms with Crippen molar-refractivity contribution in [1.82, 2.24) is 0 Å². The second kappa shape index (κ2) is 5.85. The second-order valence-electron chi connectivity index (χ2n) is 4.41. The van der Waals surface area contributed by atoms with Gasteiger partial charge < -0.3 is 15.2 Å². The highest BCUT2D eigenvalue weighted by Gasteiger charge is 2.14. The molecule has 0 aliphatic carbocycles. The van der Waals surface area contributed by atoms with E-state index in [-0.39, 0.29) is 0 Å². The predicted octanol–water partition coefficient (Wildman–Crippen LogP) is 3.99. The molecule has 0 saturated heterocycles. The Morgan fingerprint density at radius 3 is 2.55 bits per heavy atom. The monoisotopic (exact) mass is 307 g/mol. The number of anilines is 1. The van der Waals surface area contributed by atoms with Crippen LogP contribution in [0.25, 0.3) is 0 Å². The molecule has 0 unspecified atom stereocenters. The number of rotatable bonds is 3. The average molecular weight is 308 g/mol. The number of nitrogens with two attached hydrogens (primary N) is 1. The summed E-state index contributed by atoms with van der Waals surface area (Å²) in [6.07, 6.45) is 0. The van der Waals surface area contributed by atoms with Crippen molar-refractivity contribution in [2.45, 2.75) is 10.6 Å². The van der Waals surface area contributed by atoms with Crippen LogP contribution in [0, 0.1) is 0 Å². The lowest BCUT2D eigenvalue weighted by molar-refractivity contribution is 0.171. The fourth-order valence-electron chi connectivity index (χ4n) is 1.99. The molecule has 2 aromatic carbocycles. The SMILES string of the molecule is Nc1cc2c(cc1CSc1ccccc1Cl)OCCO2. The molecule has 0 spiro atoms. The molecule has 1 aliphatic heterocycles. The molecule has 104 valence electrons. The van der Waals surface area contributed by atoms with E-state index < -0.39 is 0 Å². The van der Waals surface area contributed by atoms with Crippen molar-refractivity contribution in [1.29, 1.82) is 0 Å². The number of nitrogen functional groups attached to an aromatic ring is 1. The topological polar surface area (TPSA) is 44.5 Å². The number of thioether (sulfide) groups is 1. The zero-order valence-corrected chi connectivity index (χ0v) is 12.3. The molecule has 20 heavy (non-hydrogen) atoms. The van der Waals surface area contributed by atoms with Gasteiger partial charge in [-0.05, 0) is 23.8 Å². The molecule has 1 heterocycles. The summed E-state index contributed by atoms with van der Waals surface area (Å²) in [5, 5.41) is 0.758. The van der Waals surface area contributed by atoms with E-state index in [4.69, 9.17) is 26.8 Å². The van der Waals surface area contributed by atoms with E-state index in [2.05, 4.69) is 0 Å². The molecule has 0 fully saturated rings. The van der Waals surface area contributed by atoms with Gasteiger partial charge in [-0.3, -0.25) is 0 Å². The Morgan fingerprint density at radius 1 is 1.10 bits per heavy atom. The highest BCUT2D eigenvalue weighted by Crippen LogP contribution is 2.37. The van der Waals surface area contributed by atoms with Gasteiger partial charge in [0.05, 0.1) is 5.02 Å². The summed E-state index contributed by atoms with van der Waals surface area (Å²) in [6, 6.07) is 11.6. The summed E-state index contributed by atoms with van der Waals surface area (Å²) in [7, 11) is 0. The van der Waals surface area contributed by atoms with Crippen LogP contribution in [-0.4, -0.2) is 13.2 Å². The Hall–Kier alpha value is -1.52. The van der Waals surface area contributed by atoms with Gasteiger partial charge in [0.15, 0.2) is 11.5 Å². The van der Waals surface area contributed by atoms with E-state index in [1.165, 1.54) is 0 Å². The summed E-state index contributed by atoms with van der Waals surface area (Å²) >= 11 is 7.81. The molecule has 5 heteroatoms. The normalized spacial score (nSPS) is 13.2. The van der Waals surface area contributed by atoms with E-state index in [9.17, 15) is 0 Å². The third-order valence-electron chi connectivity index (χ3n) is 3.02. The van der Waals surface area contributed by atoms with Crippen molar-refractivity contribution in [2.24, 2.45) is 0 Å². The maximum atomic E-state index is 6.15. The Labute approximate surface area is 127 Å². The summed E-state index contributed by atoms with van der Waals surface area (Å²) < 4.78 is 11.1. The molecule has 0 atom stereocenters. The predicted molar refractivity (Wildman–Crippen MR) is 82.9 cm³/mol. The van der Waals surface area contributed by atoms with Crippen molar-refractivity contribution in [2.75, 3.05) is 18.9 Å². The van der Waals surface area contributed by atoms with Crippen LogP contribution in [0.1, 0.15) is 5.56 Å². The lowest BCUT2D eigenvalue weighted by Gasteiger charge is -2.20. The van der Waals surface area contributed by atoms with Gasteiger partial charge in [0, 0.05) is 22.4 Å². The van der Waals surface area contributed by atoms with Crippen LogP contribution in [-0.2, 0) is 5.75 Å². The summed E-state index contributed by atoms with van der Waals surface area (Å²) in [5.41, 5.74) is 7.81. The molecule has 0 aromatic heterocycles. The summed E-state index contributed by atoms with van der Waals surface area (Å²) in [4.78, 5) is 1.04. The van der Waals surface area contributed by atoms with E-state index in [0.29, 0.717) is 18.9 Å². The zero-order valence-electron chi connectivity index (χ0n) is 10.8. The molecule has 0 bridgehead atoms. The number of benzene rings is 2. The van der Waals surface area contributed by atoms with Gasteiger partial charge in [0.2, 0.25) is 0 Å². The molecular weight excluding hydrogens is 294 g/mol. The van der Waals surface area contributed by atoms with Gasteiger partial charge in [-0.25, -0.2) is 0 Å². The standard InChI is InChI=1S/C15H14ClNO2S/c16-11-3-1-2-4-15(11)20-9-10-7-13-14(8-12(10)17)19-6-5-18-13/h1-4,7-8H,5-6,9,17H2. The van der Waals surface area contributed by atoms with Crippen LogP contribution < -0.4 is 15.2 Å². The lowest BCUT2D eigenvalue weighted by Crippen LogP contribution is -2.15. The summed E-state index contributed by atoms with van der Waals surface area (Å²) in [5.74, 6) is 2.23. The van der Waals surface area contributed by atoms with Gasteiger partial charge in [0.1, 0.15) is 13.2 Å². The Kier molecular flexibility index (Phi) is 3.94. The first-order valence-electron chi connectivity index (χ1n) is 6.29. The van der Waals surface area contributed by atoms with Crippen LogP contribution in [0.3, 0.4) is 0 Å². The molecule has 2 N–H and O–H groups in total. The maximum Gasteiger partial charge on any atom is 0.163 e. The van der Waals surface area contributed by atoms with Crippen molar-refractivity contribution in [3.8, 4) is 11.5 Å². The van der Waals surface area contributed by atoms with E-state index in [1.54, 1.807) is 11.8 Å². The average Bonchev–Trinajstić information content (AvgIpc) is 2.46. The Bertz CT molecular complexity index is 633. The van der Waals surface area contributed by atoms with Gasteiger partial charge in [-0.1, -0.05) is 23.7 Å². The van der Waals surface area contributed by atoms with Gasteiger partial charge >= 0.3 is 0 Å². The minimum atomic E-state index is 0.570. The first kappa shape index (κ1) is 13.5. The largest absolute Gasteiger partial charge is 0.486 e. The zero-order chi connectivity index (χ0) is 13.9. The number of ether oxygens (including phenoxy) is 2. The Balaban J connectivity index is 1.79. The van der Waals surface area contributed by atoms with E-state index in [1.807, 2.05) is 36.4 Å². The number of halogens is 1.